The minimum atomic E-state index is 0.729. The summed E-state index contributed by atoms with van der Waals surface area (Å²) in [5.74, 6) is 1.90. The van der Waals surface area contributed by atoms with Crippen LogP contribution in [0.15, 0.2) is 24.0 Å². The van der Waals surface area contributed by atoms with Gasteiger partial charge in [-0.2, -0.15) is 0 Å². The van der Waals surface area contributed by atoms with Crippen LogP contribution in [-0.4, -0.2) is 22.6 Å². The lowest BCUT2D eigenvalue weighted by molar-refractivity contribution is 0.556. The molecule has 0 saturated heterocycles. The molecule has 0 bridgehead atoms. The Balaban J connectivity index is 2.29. The second kappa shape index (κ2) is 8.09. The molecule has 0 fully saturated rings. The Morgan fingerprint density at radius 1 is 1.50 bits per heavy atom. The third-order valence-electron chi connectivity index (χ3n) is 2.95. The van der Waals surface area contributed by atoms with Gasteiger partial charge in [0.15, 0.2) is 0 Å². The number of rotatable bonds is 8. The van der Waals surface area contributed by atoms with E-state index in [1.807, 2.05) is 12.4 Å². The molecule has 0 aliphatic heterocycles. The van der Waals surface area contributed by atoms with Gasteiger partial charge >= 0.3 is 0 Å². The quantitative estimate of drug-likeness (QED) is 0.567. The zero-order valence-electron chi connectivity index (χ0n) is 12.2. The summed E-state index contributed by atoms with van der Waals surface area (Å²) in [5.41, 5.74) is 1.40. The second-order valence-electron chi connectivity index (χ2n) is 5.24. The van der Waals surface area contributed by atoms with Gasteiger partial charge in [0.2, 0.25) is 0 Å². The number of allylic oxidation sites excluding steroid dienone is 1. The molecule has 1 heterocycles. The zero-order chi connectivity index (χ0) is 13.4. The second-order valence-corrected chi connectivity index (χ2v) is 5.24. The third-order valence-corrected chi connectivity index (χ3v) is 2.95. The lowest BCUT2D eigenvalue weighted by atomic mass is 10.1. The van der Waals surface area contributed by atoms with Crippen molar-refractivity contribution in [2.45, 2.75) is 47.1 Å². The van der Waals surface area contributed by atoms with Gasteiger partial charge in [-0.15, -0.1) is 0 Å². The summed E-state index contributed by atoms with van der Waals surface area (Å²) in [6.45, 7) is 12.0. The molecule has 0 aromatic carbocycles. The van der Waals surface area contributed by atoms with Crippen molar-refractivity contribution in [2.75, 3.05) is 13.1 Å². The van der Waals surface area contributed by atoms with Gasteiger partial charge in [-0.25, -0.2) is 4.98 Å². The van der Waals surface area contributed by atoms with E-state index in [0.29, 0.717) is 0 Å². The molecule has 0 saturated carbocycles. The van der Waals surface area contributed by atoms with E-state index in [4.69, 9.17) is 0 Å². The van der Waals surface area contributed by atoms with Gasteiger partial charge < -0.3 is 9.88 Å². The SMILES string of the molecule is CCn1ccnc1CC(C)=CCCNCC(C)C. The molecule has 0 spiro atoms. The van der Waals surface area contributed by atoms with Crippen molar-refractivity contribution in [3.63, 3.8) is 0 Å². The van der Waals surface area contributed by atoms with Gasteiger partial charge in [0.25, 0.3) is 0 Å². The van der Waals surface area contributed by atoms with Gasteiger partial charge in [-0.05, 0) is 39.3 Å². The van der Waals surface area contributed by atoms with Crippen LogP contribution in [0.25, 0.3) is 0 Å². The van der Waals surface area contributed by atoms with E-state index in [2.05, 4.69) is 48.6 Å². The molecule has 3 heteroatoms. The fourth-order valence-electron chi connectivity index (χ4n) is 1.93. The summed E-state index contributed by atoms with van der Waals surface area (Å²) >= 11 is 0. The van der Waals surface area contributed by atoms with Crippen molar-refractivity contribution in [1.82, 2.24) is 14.9 Å². The van der Waals surface area contributed by atoms with Crippen molar-refractivity contribution < 1.29 is 0 Å². The molecular formula is C15H27N3. The van der Waals surface area contributed by atoms with Crippen LogP contribution in [-0.2, 0) is 13.0 Å². The van der Waals surface area contributed by atoms with Crippen LogP contribution >= 0.6 is 0 Å². The first kappa shape index (κ1) is 15.0. The number of nitrogens with one attached hydrogen (secondary N) is 1. The van der Waals surface area contributed by atoms with Gasteiger partial charge in [-0.1, -0.05) is 25.5 Å². The van der Waals surface area contributed by atoms with E-state index >= 15 is 0 Å². The monoisotopic (exact) mass is 249 g/mol. The average Bonchev–Trinajstić information content (AvgIpc) is 2.75. The van der Waals surface area contributed by atoms with Crippen molar-refractivity contribution in [3.05, 3.63) is 29.9 Å². The number of nitrogens with zero attached hydrogens (tertiary/aromatic N) is 2. The average molecular weight is 249 g/mol. The standard InChI is InChI=1S/C15H27N3/c1-5-18-10-9-17-15(18)11-14(4)7-6-8-16-12-13(2)3/h7,9-10,13,16H,5-6,8,11-12H2,1-4H3. The number of aryl methyl sites for hydroxylation is 1. The largest absolute Gasteiger partial charge is 0.335 e. The maximum Gasteiger partial charge on any atom is 0.112 e. The van der Waals surface area contributed by atoms with Gasteiger partial charge in [0.05, 0.1) is 0 Å². The van der Waals surface area contributed by atoms with E-state index in [1.54, 1.807) is 0 Å². The Bertz CT molecular complexity index is 364. The van der Waals surface area contributed by atoms with Gasteiger partial charge in [0.1, 0.15) is 5.82 Å². The summed E-state index contributed by atoms with van der Waals surface area (Å²) in [6.07, 6.45) is 8.32. The van der Waals surface area contributed by atoms with Crippen molar-refractivity contribution >= 4 is 0 Å². The van der Waals surface area contributed by atoms with E-state index < -0.39 is 0 Å². The molecular weight excluding hydrogens is 222 g/mol. The Hall–Kier alpha value is -1.09. The number of hydrogen-bond donors (Lipinski definition) is 1. The molecule has 3 nitrogen and oxygen atoms in total. The molecule has 0 radical (unpaired) electrons. The highest BCUT2D eigenvalue weighted by atomic mass is 15.0. The molecule has 1 aromatic rings. The highest BCUT2D eigenvalue weighted by Gasteiger charge is 2.01. The molecule has 0 aliphatic rings. The minimum absolute atomic E-state index is 0.729. The van der Waals surface area contributed by atoms with E-state index in [-0.39, 0.29) is 0 Å². The lowest BCUT2D eigenvalue weighted by Gasteiger charge is -2.07. The summed E-state index contributed by atoms with van der Waals surface area (Å²) < 4.78 is 2.20. The predicted octanol–water partition coefficient (Wildman–Crippen LogP) is 3.03. The predicted molar refractivity (Wildman–Crippen MR) is 77.7 cm³/mol. The van der Waals surface area contributed by atoms with Crippen LogP contribution in [0.3, 0.4) is 0 Å². The van der Waals surface area contributed by atoms with E-state index in [0.717, 1.165) is 38.4 Å². The summed E-state index contributed by atoms with van der Waals surface area (Å²) in [6, 6.07) is 0. The van der Waals surface area contributed by atoms with Crippen molar-refractivity contribution in [3.8, 4) is 0 Å². The highest BCUT2D eigenvalue weighted by molar-refractivity contribution is 5.08. The zero-order valence-corrected chi connectivity index (χ0v) is 12.2. The first-order valence-electron chi connectivity index (χ1n) is 6.99. The summed E-state index contributed by atoms with van der Waals surface area (Å²) in [4.78, 5) is 4.40. The maximum atomic E-state index is 4.40. The van der Waals surface area contributed by atoms with E-state index in [1.165, 1.54) is 11.4 Å². The fraction of sp³-hybridized carbons (Fsp3) is 0.667. The molecule has 1 N–H and O–H groups in total. The van der Waals surface area contributed by atoms with Crippen molar-refractivity contribution in [1.29, 1.82) is 0 Å². The van der Waals surface area contributed by atoms with Crippen LogP contribution in [0, 0.1) is 5.92 Å². The fourth-order valence-corrected chi connectivity index (χ4v) is 1.93. The highest BCUT2D eigenvalue weighted by Crippen LogP contribution is 2.06. The minimum Gasteiger partial charge on any atom is -0.335 e. The van der Waals surface area contributed by atoms with Crippen LogP contribution in [0.5, 0.6) is 0 Å². The Kier molecular flexibility index (Phi) is 6.73. The Morgan fingerprint density at radius 2 is 2.28 bits per heavy atom. The van der Waals surface area contributed by atoms with Crippen LogP contribution in [0.4, 0.5) is 0 Å². The molecule has 1 aromatic heterocycles. The van der Waals surface area contributed by atoms with Crippen LogP contribution in [0.1, 0.15) is 39.9 Å². The Morgan fingerprint density at radius 3 is 2.94 bits per heavy atom. The van der Waals surface area contributed by atoms with E-state index in [9.17, 15) is 0 Å². The van der Waals surface area contributed by atoms with Crippen molar-refractivity contribution in [2.24, 2.45) is 5.92 Å². The Labute approximate surface area is 111 Å². The number of hydrogen-bond acceptors (Lipinski definition) is 2. The topological polar surface area (TPSA) is 29.9 Å². The molecule has 18 heavy (non-hydrogen) atoms. The van der Waals surface area contributed by atoms with Gasteiger partial charge in [0, 0.05) is 25.4 Å². The summed E-state index contributed by atoms with van der Waals surface area (Å²) in [5, 5.41) is 3.46. The maximum absolute atomic E-state index is 4.40. The molecule has 0 amide bonds. The van der Waals surface area contributed by atoms with Crippen LogP contribution < -0.4 is 5.32 Å². The first-order valence-corrected chi connectivity index (χ1v) is 6.99. The van der Waals surface area contributed by atoms with Crippen LogP contribution in [0.2, 0.25) is 0 Å². The lowest BCUT2D eigenvalue weighted by Crippen LogP contribution is -2.20. The molecule has 0 atom stereocenters. The number of aromatic nitrogens is 2. The smallest absolute Gasteiger partial charge is 0.112 e. The first-order chi connectivity index (χ1) is 8.63. The third kappa shape index (κ3) is 5.50. The normalized spacial score (nSPS) is 12.4. The molecule has 1 rings (SSSR count). The molecule has 0 unspecified atom stereocenters. The number of imidazole rings is 1. The van der Waals surface area contributed by atoms with Gasteiger partial charge in [-0.3, -0.25) is 0 Å². The molecule has 102 valence electrons. The summed E-state index contributed by atoms with van der Waals surface area (Å²) in [7, 11) is 0. The molecule has 0 aliphatic carbocycles.